The summed E-state index contributed by atoms with van der Waals surface area (Å²) in [7, 11) is 1.27. The Morgan fingerprint density at radius 3 is 2.71 bits per heavy atom. The lowest BCUT2D eigenvalue weighted by atomic mass is 9.94. The van der Waals surface area contributed by atoms with Gasteiger partial charge in [-0.1, -0.05) is 25.3 Å². The highest BCUT2D eigenvalue weighted by Crippen LogP contribution is 2.35. The first-order valence-electron chi connectivity index (χ1n) is 9.49. The fraction of sp³-hybridized carbons (Fsp3) is 0.381. The summed E-state index contributed by atoms with van der Waals surface area (Å²) in [6.07, 6.45) is 7.09. The minimum atomic E-state index is -0.620. The van der Waals surface area contributed by atoms with Crippen LogP contribution in [-0.2, 0) is 11.3 Å². The number of nitrogens with zero attached hydrogens (tertiary/aromatic N) is 3. The van der Waals surface area contributed by atoms with Gasteiger partial charge < -0.3 is 19.9 Å². The molecule has 1 aromatic heterocycles. The van der Waals surface area contributed by atoms with Crippen LogP contribution < -0.4 is 5.73 Å². The summed E-state index contributed by atoms with van der Waals surface area (Å²) in [6, 6.07) is 7.71. The smallest absolute Gasteiger partial charge is 0.357 e. The van der Waals surface area contributed by atoms with Gasteiger partial charge in [0.25, 0.3) is 5.91 Å². The molecule has 1 aliphatic heterocycles. The molecule has 144 valence electrons. The summed E-state index contributed by atoms with van der Waals surface area (Å²) in [4.78, 5) is 27.3. The lowest BCUT2D eigenvalue weighted by molar-refractivity contribution is 0.0591. The van der Waals surface area contributed by atoms with E-state index in [0.717, 1.165) is 31.2 Å². The summed E-state index contributed by atoms with van der Waals surface area (Å²) >= 11 is 0. The van der Waals surface area contributed by atoms with Crippen molar-refractivity contribution in [3.8, 4) is 11.8 Å². The van der Waals surface area contributed by atoms with Crippen LogP contribution in [0, 0.1) is 11.3 Å². The van der Waals surface area contributed by atoms with Crippen molar-refractivity contribution in [3.63, 3.8) is 0 Å². The molecular formula is C21H22N4O3. The number of rotatable bonds is 3. The number of nitrogens with two attached hydrogens (primary N) is 1. The van der Waals surface area contributed by atoms with Gasteiger partial charge in [0.05, 0.1) is 24.0 Å². The molecule has 0 unspecified atom stereocenters. The van der Waals surface area contributed by atoms with Gasteiger partial charge in [-0.15, -0.1) is 0 Å². The van der Waals surface area contributed by atoms with Crippen LogP contribution in [0.4, 0.5) is 5.69 Å². The van der Waals surface area contributed by atoms with Gasteiger partial charge >= 0.3 is 5.97 Å². The summed E-state index contributed by atoms with van der Waals surface area (Å²) < 4.78 is 6.45. The number of carbonyl (C=O) groups excluding carboxylic acids is 2. The molecule has 2 aliphatic rings. The van der Waals surface area contributed by atoms with Crippen molar-refractivity contribution in [1.82, 2.24) is 9.47 Å². The Labute approximate surface area is 163 Å². The number of anilines is 1. The number of benzene rings is 1. The van der Waals surface area contributed by atoms with Gasteiger partial charge in [-0.3, -0.25) is 4.79 Å². The van der Waals surface area contributed by atoms with Gasteiger partial charge in [-0.2, -0.15) is 5.26 Å². The van der Waals surface area contributed by atoms with Gasteiger partial charge in [0.1, 0.15) is 6.07 Å². The predicted octanol–water partition coefficient (Wildman–Crippen LogP) is 3.01. The Morgan fingerprint density at radius 2 is 2.04 bits per heavy atom. The van der Waals surface area contributed by atoms with Crippen LogP contribution in [0.3, 0.4) is 0 Å². The van der Waals surface area contributed by atoms with Crippen LogP contribution in [0.25, 0.3) is 5.69 Å². The normalized spacial score (nSPS) is 16.7. The topological polar surface area (TPSA) is 101 Å². The molecule has 0 atom stereocenters. The molecule has 2 N–H and O–H groups in total. The molecule has 1 aliphatic carbocycles. The third-order valence-electron chi connectivity index (χ3n) is 5.79. The molecule has 0 bridgehead atoms. The molecule has 7 nitrogen and oxygen atoms in total. The SMILES string of the molecule is COC(=O)c1c(N)c(C#N)cn1-c1cccc2c1CN(C1CCCCC1)C2=O. The third kappa shape index (κ3) is 2.73. The van der Waals surface area contributed by atoms with Crippen molar-refractivity contribution >= 4 is 17.6 Å². The second-order valence-corrected chi connectivity index (χ2v) is 7.31. The Bertz CT molecular complexity index is 996. The average Bonchev–Trinajstić information content (AvgIpc) is 3.25. The van der Waals surface area contributed by atoms with Gasteiger partial charge in [-0.05, 0) is 25.0 Å². The monoisotopic (exact) mass is 378 g/mol. The Kier molecular flexibility index (Phi) is 4.55. The maximum absolute atomic E-state index is 13.0. The van der Waals surface area contributed by atoms with E-state index in [0.29, 0.717) is 17.8 Å². The second-order valence-electron chi connectivity index (χ2n) is 7.31. The molecule has 1 amide bonds. The number of methoxy groups -OCH3 is 1. The van der Waals surface area contributed by atoms with Crippen LogP contribution in [0.15, 0.2) is 24.4 Å². The number of aromatic nitrogens is 1. The molecule has 0 saturated heterocycles. The minimum absolute atomic E-state index is 0.0315. The minimum Gasteiger partial charge on any atom is -0.464 e. The highest BCUT2D eigenvalue weighted by atomic mass is 16.5. The molecule has 1 aromatic carbocycles. The molecule has 2 aromatic rings. The average molecular weight is 378 g/mol. The number of esters is 1. The van der Waals surface area contributed by atoms with E-state index >= 15 is 0 Å². The standard InChI is InChI=1S/C21H22N4O3/c1-28-21(27)19-18(23)13(10-22)11-25(19)17-9-5-8-15-16(17)12-24(20(15)26)14-6-3-2-4-7-14/h5,8-9,11,14H,2-4,6-7,12,23H2,1H3. The van der Waals surface area contributed by atoms with E-state index in [1.54, 1.807) is 10.6 Å². The van der Waals surface area contributed by atoms with Crippen molar-refractivity contribution in [1.29, 1.82) is 5.26 Å². The summed E-state index contributed by atoms with van der Waals surface area (Å²) in [5.74, 6) is -0.589. The molecular weight excluding hydrogens is 356 g/mol. The number of amides is 1. The first-order chi connectivity index (χ1) is 13.6. The van der Waals surface area contributed by atoms with Crippen molar-refractivity contribution in [2.75, 3.05) is 12.8 Å². The van der Waals surface area contributed by atoms with Gasteiger partial charge in [0.2, 0.25) is 0 Å². The van der Waals surface area contributed by atoms with E-state index in [1.807, 2.05) is 23.1 Å². The third-order valence-corrected chi connectivity index (χ3v) is 5.79. The summed E-state index contributed by atoms with van der Waals surface area (Å²) in [5.41, 5.74) is 8.59. The molecule has 7 heteroatoms. The quantitative estimate of drug-likeness (QED) is 0.827. The van der Waals surface area contributed by atoms with Crippen LogP contribution in [-0.4, -0.2) is 34.5 Å². The predicted molar refractivity (Wildman–Crippen MR) is 103 cm³/mol. The number of hydrogen-bond donors (Lipinski definition) is 1. The van der Waals surface area contributed by atoms with E-state index in [2.05, 4.69) is 0 Å². The maximum atomic E-state index is 13.0. The van der Waals surface area contributed by atoms with E-state index in [1.165, 1.54) is 19.7 Å². The Balaban J connectivity index is 1.81. The van der Waals surface area contributed by atoms with Crippen LogP contribution >= 0.6 is 0 Å². The zero-order valence-electron chi connectivity index (χ0n) is 15.8. The summed E-state index contributed by atoms with van der Waals surface area (Å²) in [5, 5.41) is 9.35. The fourth-order valence-electron chi connectivity index (χ4n) is 4.36. The largest absolute Gasteiger partial charge is 0.464 e. The van der Waals surface area contributed by atoms with E-state index in [4.69, 9.17) is 10.5 Å². The van der Waals surface area contributed by atoms with Crippen molar-refractivity contribution < 1.29 is 14.3 Å². The summed E-state index contributed by atoms with van der Waals surface area (Å²) in [6.45, 7) is 0.496. The van der Waals surface area contributed by atoms with Crippen molar-refractivity contribution in [2.24, 2.45) is 0 Å². The van der Waals surface area contributed by atoms with Crippen molar-refractivity contribution in [2.45, 2.75) is 44.7 Å². The lowest BCUT2D eigenvalue weighted by Gasteiger charge is -2.31. The van der Waals surface area contributed by atoms with Crippen LogP contribution in [0.2, 0.25) is 0 Å². The van der Waals surface area contributed by atoms with Gasteiger partial charge in [0.15, 0.2) is 5.69 Å². The van der Waals surface area contributed by atoms with Crippen LogP contribution in [0.5, 0.6) is 0 Å². The Morgan fingerprint density at radius 1 is 1.29 bits per heavy atom. The molecule has 1 fully saturated rings. The highest BCUT2D eigenvalue weighted by molar-refractivity contribution is 6.00. The molecule has 0 spiro atoms. The molecule has 0 radical (unpaired) electrons. The number of fused-ring (bicyclic) bond motifs is 1. The van der Waals surface area contributed by atoms with E-state index in [9.17, 15) is 14.9 Å². The first kappa shape index (κ1) is 18.1. The molecule has 4 rings (SSSR count). The zero-order valence-corrected chi connectivity index (χ0v) is 15.8. The fourth-order valence-corrected chi connectivity index (χ4v) is 4.36. The lowest BCUT2D eigenvalue weighted by Crippen LogP contribution is -2.36. The molecule has 1 saturated carbocycles. The zero-order chi connectivity index (χ0) is 19.8. The Hall–Kier alpha value is -3.27. The highest BCUT2D eigenvalue weighted by Gasteiger charge is 2.35. The number of ether oxygens (including phenoxy) is 1. The molecule has 28 heavy (non-hydrogen) atoms. The van der Waals surface area contributed by atoms with E-state index < -0.39 is 5.97 Å². The first-order valence-corrected chi connectivity index (χ1v) is 9.49. The number of hydrogen-bond acceptors (Lipinski definition) is 5. The maximum Gasteiger partial charge on any atom is 0.357 e. The molecule has 2 heterocycles. The number of carbonyl (C=O) groups is 2. The van der Waals surface area contributed by atoms with E-state index in [-0.39, 0.29) is 28.9 Å². The van der Waals surface area contributed by atoms with Gasteiger partial charge in [0, 0.05) is 29.9 Å². The van der Waals surface area contributed by atoms with Gasteiger partial charge in [-0.25, -0.2) is 4.79 Å². The van der Waals surface area contributed by atoms with Crippen molar-refractivity contribution in [3.05, 3.63) is 46.8 Å². The number of nitrogen functional groups attached to an aromatic ring is 1. The second kappa shape index (κ2) is 7.04. The number of nitriles is 1. The van der Waals surface area contributed by atoms with Crippen LogP contribution in [0.1, 0.15) is 64.1 Å².